The van der Waals surface area contributed by atoms with Crippen LogP contribution in [0.4, 0.5) is 28.7 Å². The summed E-state index contributed by atoms with van der Waals surface area (Å²) in [6.45, 7) is 10.5. The van der Waals surface area contributed by atoms with E-state index in [9.17, 15) is 8.42 Å². The Morgan fingerprint density at radius 2 is 1.42 bits per heavy atom. The molecule has 7 rings (SSSR count). The number of hydrogen-bond donors (Lipinski definition) is 1. The third kappa shape index (κ3) is 4.56. The maximum Gasteiger partial charge on any atom is 0.204 e. The number of anilines is 5. The smallest absolute Gasteiger partial charge is 0.204 e. The van der Waals surface area contributed by atoms with Crippen LogP contribution >= 0.6 is 0 Å². The molecule has 2 aliphatic heterocycles. The number of sulfone groups is 1. The van der Waals surface area contributed by atoms with Gasteiger partial charge in [-0.3, -0.25) is 0 Å². The predicted molar refractivity (Wildman–Crippen MR) is 176 cm³/mol. The van der Waals surface area contributed by atoms with E-state index in [2.05, 4.69) is 120 Å². The third-order valence-electron chi connectivity index (χ3n) is 8.84. The van der Waals surface area contributed by atoms with E-state index in [1.54, 1.807) is 12.1 Å². The van der Waals surface area contributed by atoms with Crippen molar-refractivity contribution in [2.45, 2.75) is 50.1 Å². The Bertz CT molecular complexity index is 1900. The van der Waals surface area contributed by atoms with Crippen LogP contribution in [0.5, 0.6) is 0 Å². The molecule has 0 unspecified atom stereocenters. The molecule has 3 heterocycles. The highest BCUT2D eigenvalue weighted by Crippen LogP contribution is 2.51. The average molecular weight is 592 g/mol. The lowest BCUT2D eigenvalue weighted by Gasteiger charge is -2.43. The number of hydrogen-bond acceptors (Lipinski definition) is 6. The molecule has 43 heavy (non-hydrogen) atoms. The molecule has 4 aromatic carbocycles. The number of rotatable bonds is 6. The molecular formula is C35H37N5O2S. The van der Waals surface area contributed by atoms with Gasteiger partial charge >= 0.3 is 0 Å². The molecule has 0 amide bonds. The van der Waals surface area contributed by atoms with Gasteiger partial charge < -0.3 is 19.7 Å². The zero-order valence-electron chi connectivity index (χ0n) is 25.2. The van der Waals surface area contributed by atoms with Crippen molar-refractivity contribution < 1.29 is 8.42 Å². The first-order valence-corrected chi connectivity index (χ1v) is 16.7. The fourth-order valence-corrected chi connectivity index (χ4v) is 7.27. The number of fused-ring (bicyclic) bond motifs is 3. The minimum Gasteiger partial charge on any atom is -0.367 e. The summed E-state index contributed by atoms with van der Waals surface area (Å²) in [6, 6.07) is 32.0. The van der Waals surface area contributed by atoms with Gasteiger partial charge in [-0.05, 0) is 79.6 Å². The fraction of sp³-hybridized carbons (Fsp3) is 0.286. The summed E-state index contributed by atoms with van der Waals surface area (Å²) in [5.74, 6) is 0.779. The lowest BCUT2D eigenvalue weighted by atomic mass is 9.73. The van der Waals surface area contributed by atoms with E-state index in [0.29, 0.717) is 10.4 Å². The Hall–Kier alpha value is -4.30. The maximum absolute atomic E-state index is 12.2. The van der Waals surface area contributed by atoms with Gasteiger partial charge in [0.05, 0.1) is 33.3 Å². The summed E-state index contributed by atoms with van der Waals surface area (Å²) >= 11 is 0. The van der Waals surface area contributed by atoms with Crippen LogP contribution in [0.1, 0.15) is 44.9 Å². The van der Waals surface area contributed by atoms with Crippen molar-refractivity contribution in [1.82, 2.24) is 9.55 Å². The van der Waals surface area contributed by atoms with Gasteiger partial charge in [-0.2, -0.15) is 0 Å². The van der Waals surface area contributed by atoms with Crippen LogP contribution in [0.2, 0.25) is 0 Å². The van der Waals surface area contributed by atoms with Crippen molar-refractivity contribution in [3.63, 3.8) is 0 Å². The van der Waals surface area contributed by atoms with Gasteiger partial charge in [0, 0.05) is 42.2 Å². The molecule has 5 aromatic rings. The van der Waals surface area contributed by atoms with Crippen molar-refractivity contribution in [3.8, 4) is 0 Å². The van der Waals surface area contributed by atoms with Gasteiger partial charge in [-0.1, -0.05) is 50.2 Å². The van der Waals surface area contributed by atoms with Crippen LogP contribution in [0.3, 0.4) is 0 Å². The van der Waals surface area contributed by atoms with Crippen LogP contribution in [0.25, 0.3) is 11.0 Å². The molecule has 0 atom stereocenters. The van der Waals surface area contributed by atoms with E-state index in [1.165, 1.54) is 34.4 Å². The van der Waals surface area contributed by atoms with E-state index < -0.39 is 9.84 Å². The molecule has 0 bridgehead atoms. The zero-order valence-corrected chi connectivity index (χ0v) is 26.1. The fourth-order valence-electron chi connectivity index (χ4n) is 6.63. The van der Waals surface area contributed by atoms with Crippen LogP contribution in [0, 0.1) is 0 Å². The molecule has 1 saturated heterocycles. The van der Waals surface area contributed by atoms with E-state index >= 15 is 0 Å². The number of imidazole rings is 1. The third-order valence-corrected chi connectivity index (χ3v) is 9.95. The number of nitrogens with zero attached hydrogens (tertiary/aromatic N) is 4. The first-order chi connectivity index (χ1) is 20.5. The van der Waals surface area contributed by atoms with Crippen LogP contribution < -0.4 is 15.1 Å². The largest absolute Gasteiger partial charge is 0.367 e. The quantitative estimate of drug-likeness (QED) is 0.221. The monoisotopic (exact) mass is 591 g/mol. The summed E-state index contributed by atoms with van der Waals surface area (Å²) in [6.07, 6.45) is 1.23. The summed E-state index contributed by atoms with van der Waals surface area (Å²) in [5, 5.41) is 3.47. The Kier molecular flexibility index (Phi) is 6.32. The molecular weight excluding hydrogens is 554 g/mol. The van der Waals surface area contributed by atoms with Gasteiger partial charge in [0.25, 0.3) is 0 Å². The molecule has 1 fully saturated rings. The van der Waals surface area contributed by atoms with Gasteiger partial charge in [-0.15, -0.1) is 0 Å². The molecule has 0 radical (unpaired) electrons. The van der Waals surface area contributed by atoms with Crippen LogP contribution in [0.15, 0.2) is 95.9 Å². The summed E-state index contributed by atoms with van der Waals surface area (Å²) in [7, 11) is -3.31. The Morgan fingerprint density at radius 1 is 0.837 bits per heavy atom. The summed E-state index contributed by atoms with van der Waals surface area (Å²) in [5.41, 5.74) is 8.97. The second kappa shape index (κ2) is 9.88. The zero-order chi connectivity index (χ0) is 30.1. The van der Waals surface area contributed by atoms with E-state index in [0.717, 1.165) is 30.2 Å². The standard InChI is InChI=1S/C35H37N5O2S/c1-23(2)36-34-37-30-20-27(43(5,41)42)18-19-33(30)40(34)26-21-38(22-26)24-14-16-25(17-15-24)39-31-12-8-6-10-28(31)35(3,4)29-11-7-9-13-32(29)39/h6-20,23,26H,21-22H2,1-5H3,(H,36,37). The highest BCUT2D eigenvalue weighted by atomic mass is 32.2. The van der Waals surface area contributed by atoms with Crippen molar-refractivity contribution in [3.05, 3.63) is 102 Å². The Labute approximate surface area is 253 Å². The molecule has 0 spiro atoms. The first-order valence-electron chi connectivity index (χ1n) is 14.8. The van der Waals surface area contributed by atoms with Crippen molar-refractivity contribution in [2.24, 2.45) is 0 Å². The maximum atomic E-state index is 12.2. The van der Waals surface area contributed by atoms with E-state index in [-0.39, 0.29) is 17.5 Å². The SMILES string of the molecule is CC(C)Nc1nc2cc(S(C)(=O)=O)ccc2n1C1CN(c2ccc(N3c4ccccc4C(C)(C)c4ccccc43)cc2)C1. The highest BCUT2D eigenvalue weighted by molar-refractivity contribution is 7.90. The minimum atomic E-state index is -3.31. The first kappa shape index (κ1) is 27.5. The lowest BCUT2D eigenvalue weighted by molar-refractivity contribution is 0.411. The average Bonchev–Trinajstić information content (AvgIpc) is 3.29. The second-order valence-electron chi connectivity index (χ2n) is 12.6. The molecule has 0 saturated carbocycles. The van der Waals surface area contributed by atoms with Crippen molar-refractivity contribution >= 4 is 49.6 Å². The Balaban J connectivity index is 1.17. The topological polar surface area (TPSA) is 70.5 Å². The van der Waals surface area contributed by atoms with Gasteiger partial charge in [0.2, 0.25) is 5.95 Å². The van der Waals surface area contributed by atoms with E-state index in [1.807, 2.05) is 6.07 Å². The molecule has 1 N–H and O–H groups in total. The van der Waals surface area contributed by atoms with Crippen LogP contribution in [-0.4, -0.2) is 43.4 Å². The molecule has 2 aliphatic rings. The predicted octanol–water partition coefficient (Wildman–Crippen LogP) is 7.43. The van der Waals surface area contributed by atoms with Gasteiger partial charge in [0.15, 0.2) is 9.84 Å². The molecule has 220 valence electrons. The van der Waals surface area contributed by atoms with Gasteiger partial charge in [0.1, 0.15) is 0 Å². The molecule has 1 aromatic heterocycles. The highest BCUT2D eigenvalue weighted by Gasteiger charge is 2.37. The normalized spacial score (nSPS) is 16.2. The summed E-state index contributed by atoms with van der Waals surface area (Å²) < 4.78 is 26.6. The number of para-hydroxylation sites is 2. The minimum absolute atomic E-state index is 0.0799. The molecule has 0 aliphatic carbocycles. The van der Waals surface area contributed by atoms with Crippen LogP contribution in [-0.2, 0) is 15.3 Å². The van der Waals surface area contributed by atoms with Gasteiger partial charge in [-0.25, -0.2) is 13.4 Å². The second-order valence-corrected chi connectivity index (χ2v) is 14.6. The molecule has 8 heteroatoms. The van der Waals surface area contributed by atoms with Crippen molar-refractivity contribution in [1.29, 1.82) is 0 Å². The number of aromatic nitrogens is 2. The number of nitrogens with one attached hydrogen (secondary N) is 1. The Morgan fingerprint density at radius 3 is 2.00 bits per heavy atom. The number of benzene rings is 4. The van der Waals surface area contributed by atoms with Crippen molar-refractivity contribution in [2.75, 3.05) is 34.5 Å². The van der Waals surface area contributed by atoms with E-state index in [4.69, 9.17) is 4.98 Å². The lowest BCUT2D eigenvalue weighted by Crippen LogP contribution is -2.48. The summed E-state index contributed by atoms with van der Waals surface area (Å²) in [4.78, 5) is 9.85. The molecule has 7 nitrogen and oxygen atoms in total.